The highest BCUT2D eigenvalue weighted by molar-refractivity contribution is 5.54. The molecule has 3 nitrogen and oxygen atoms in total. The summed E-state index contributed by atoms with van der Waals surface area (Å²) in [4.78, 5) is 1.89. The van der Waals surface area contributed by atoms with Gasteiger partial charge in [0.2, 0.25) is 0 Å². The third kappa shape index (κ3) is 3.39. The molecule has 0 saturated carbocycles. The molecule has 0 aliphatic rings. The predicted molar refractivity (Wildman–Crippen MR) is 79.3 cm³/mol. The minimum absolute atomic E-state index is 0.203. The molecule has 20 heavy (non-hydrogen) atoms. The first-order valence-electron chi connectivity index (χ1n) is 6.86. The van der Waals surface area contributed by atoms with Crippen molar-refractivity contribution in [3.05, 3.63) is 53.2 Å². The van der Waals surface area contributed by atoms with Crippen LogP contribution in [0.15, 0.2) is 34.7 Å². The van der Waals surface area contributed by atoms with E-state index in [1.165, 1.54) is 6.07 Å². The largest absolute Gasteiger partial charge is 0.464 e. The molecule has 1 heterocycles. The molecule has 0 bridgehead atoms. The van der Waals surface area contributed by atoms with Gasteiger partial charge in [0.25, 0.3) is 0 Å². The van der Waals surface area contributed by atoms with Gasteiger partial charge in [-0.05, 0) is 37.2 Å². The van der Waals surface area contributed by atoms with Gasteiger partial charge in [-0.25, -0.2) is 4.39 Å². The summed E-state index contributed by atoms with van der Waals surface area (Å²) in [6.45, 7) is 6.01. The molecule has 0 saturated heterocycles. The van der Waals surface area contributed by atoms with Crippen molar-refractivity contribution < 1.29 is 8.81 Å². The summed E-state index contributed by atoms with van der Waals surface area (Å²) in [6, 6.07) is 9.04. The van der Waals surface area contributed by atoms with E-state index in [1.54, 1.807) is 6.07 Å². The highest BCUT2D eigenvalue weighted by Gasteiger charge is 2.14. The predicted octanol–water partition coefficient (Wildman–Crippen LogP) is 3.47. The first kappa shape index (κ1) is 14.6. The second-order valence-electron chi connectivity index (χ2n) is 4.90. The minimum Gasteiger partial charge on any atom is -0.464 e. The van der Waals surface area contributed by atoms with E-state index in [4.69, 9.17) is 4.42 Å². The Balaban J connectivity index is 2.21. The Morgan fingerprint density at radius 2 is 2.05 bits per heavy atom. The number of nitrogens with zero attached hydrogens (tertiary/aromatic N) is 1. The van der Waals surface area contributed by atoms with Crippen LogP contribution in [0.1, 0.15) is 24.0 Å². The number of nitrogens with one attached hydrogen (secondary N) is 1. The number of anilines is 1. The Labute approximate surface area is 119 Å². The number of furan rings is 1. The Morgan fingerprint density at radius 1 is 1.25 bits per heavy atom. The molecule has 1 aromatic carbocycles. The van der Waals surface area contributed by atoms with Crippen molar-refractivity contribution >= 4 is 5.69 Å². The van der Waals surface area contributed by atoms with Crippen LogP contribution in [0, 0.1) is 12.7 Å². The SMILES string of the molecule is CCNCc1cccc(F)c1N(C)Cc1ccc(C)o1. The van der Waals surface area contributed by atoms with Crippen LogP contribution in [-0.4, -0.2) is 13.6 Å². The Kier molecular flexibility index (Phi) is 4.79. The second kappa shape index (κ2) is 6.57. The second-order valence-corrected chi connectivity index (χ2v) is 4.90. The third-order valence-electron chi connectivity index (χ3n) is 3.21. The molecule has 4 heteroatoms. The van der Waals surface area contributed by atoms with Gasteiger partial charge in [0.1, 0.15) is 17.3 Å². The van der Waals surface area contributed by atoms with Crippen LogP contribution in [-0.2, 0) is 13.1 Å². The van der Waals surface area contributed by atoms with Crippen molar-refractivity contribution in [1.82, 2.24) is 5.32 Å². The highest BCUT2D eigenvalue weighted by Crippen LogP contribution is 2.25. The average Bonchev–Trinajstić information content (AvgIpc) is 2.81. The van der Waals surface area contributed by atoms with Gasteiger partial charge in [0, 0.05) is 13.6 Å². The number of para-hydroxylation sites is 1. The molecule has 108 valence electrons. The zero-order chi connectivity index (χ0) is 14.5. The fraction of sp³-hybridized carbons (Fsp3) is 0.375. The van der Waals surface area contributed by atoms with E-state index in [0.717, 1.165) is 23.6 Å². The molecule has 0 aliphatic heterocycles. The van der Waals surface area contributed by atoms with Crippen LogP contribution in [0.4, 0.5) is 10.1 Å². The van der Waals surface area contributed by atoms with Gasteiger partial charge in [0.05, 0.1) is 12.2 Å². The number of hydrogen-bond acceptors (Lipinski definition) is 3. The first-order chi connectivity index (χ1) is 9.61. The van der Waals surface area contributed by atoms with E-state index in [-0.39, 0.29) is 5.82 Å². The quantitative estimate of drug-likeness (QED) is 0.875. The first-order valence-corrected chi connectivity index (χ1v) is 6.86. The van der Waals surface area contributed by atoms with E-state index in [1.807, 2.05) is 44.0 Å². The van der Waals surface area contributed by atoms with Crippen molar-refractivity contribution in [2.45, 2.75) is 26.9 Å². The topological polar surface area (TPSA) is 28.4 Å². The van der Waals surface area contributed by atoms with Gasteiger partial charge in [-0.15, -0.1) is 0 Å². The molecule has 0 spiro atoms. The van der Waals surface area contributed by atoms with Crippen LogP contribution in [0.25, 0.3) is 0 Å². The van der Waals surface area contributed by atoms with Gasteiger partial charge >= 0.3 is 0 Å². The lowest BCUT2D eigenvalue weighted by Gasteiger charge is -2.22. The third-order valence-corrected chi connectivity index (χ3v) is 3.21. The van der Waals surface area contributed by atoms with Gasteiger partial charge in [-0.1, -0.05) is 19.1 Å². The summed E-state index contributed by atoms with van der Waals surface area (Å²) in [5, 5.41) is 3.24. The fourth-order valence-corrected chi connectivity index (χ4v) is 2.27. The summed E-state index contributed by atoms with van der Waals surface area (Å²) in [7, 11) is 1.88. The van der Waals surface area contributed by atoms with E-state index in [2.05, 4.69) is 5.32 Å². The van der Waals surface area contributed by atoms with E-state index >= 15 is 0 Å². The van der Waals surface area contributed by atoms with Crippen LogP contribution in [0.2, 0.25) is 0 Å². The lowest BCUT2D eigenvalue weighted by Crippen LogP contribution is -2.21. The molecular weight excluding hydrogens is 255 g/mol. The van der Waals surface area contributed by atoms with Gasteiger partial charge in [-0.3, -0.25) is 0 Å². The van der Waals surface area contributed by atoms with Crippen molar-refractivity contribution in [2.75, 3.05) is 18.5 Å². The maximum atomic E-state index is 14.1. The number of aryl methyl sites for hydroxylation is 1. The summed E-state index contributed by atoms with van der Waals surface area (Å²) in [5.74, 6) is 1.50. The van der Waals surface area contributed by atoms with E-state index in [0.29, 0.717) is 18.8 Å². The molecule has 0 radical (unpaired) electrons. The molecule has 2 rings (SSSR count). The van der Waals surface area contributed by atoms with Crippen LogP contribution in [0.5, 0.6) is 0 Å². The maximum absolute atomic E-state index is 14.1. The van der Waals surface area contributed by atoms with E-state index < -0.39 is 0 Å². The van der Waals surface area contributed by atoms with Crippen LogP contribution >= 0.6 is 0 Å². The summed E-state index contributed by atoms with van der Waals surface area (Å²) < 4.78 is 19.7. The number of rotatable bonds is 6. The lowest BCUT2D eigenvalue weighted by molar-refractivity contribution is 0.480. The van der Waals surface area contributed by atoms with Gasteiger partial charge in [-0.2, -0.15) is 0 Å². The number of benzene rings is 1. The molecule has 0 amide bonds. The van der Waals surface area contributed by atoms with Crippen molar-refractivity contribution in [3.63, 3.8) is 0 Å². The zero-order valence-corrected chi connectivity index (χ0v) is 12.2. The monoisotopic (exact) mass is 276 g/mol. The van der Waals surface area contributed by atoms with Crippen LogP contribution < -0.4 is 10.2 Å². The molecular formula is C16H21FN2O. The Morgan fingerprint density at radius 3 is 2.70 bits per heavy atom. The molecule has 0 fully saturated rings. The van der Waals surface area contributed by atoms with Gasteiger partial charge in [0.15, 0.2) is 0 Å². The Hall–Kier alpha value is -1.81. The molecule has 0 aliphatic carbocycles. The fourth-order valence-electron chi connectivity index (χ4n) is 2.27. The minimum atomic E-state index is -0.203. The van der Waals surface area contributed by atoms with Crippen molar-refractivity contribution in [2.24, 2.45) is 0 Å². The average molecular weight is 276 g/mol. The normalized spacial score (nSPS) is 10.8. The van der Waals surface area contributed by atoms with Crippen molar-refractivity contribution in [3.8, 4) is 0 Å². The summed E-state index contributed by atoms with van der Waals surface area (Å²) in [6.07, 6.45) is 0. The maximum Gasteiger partial charge on any atom is 0.146 e. The summed E-state index contributed by atoms with van der Waals surface area (Å²) >= 11 is 0. The van der Waals surface area contributed by atoms with Crippen LogP contribution in [0.3, 0.4) is 0 Å². The standard InChI is InChI=1S/C16H21FN2O/c1-4-18-10-13-6-5-7-15(17)16(13)19(3)11-14-9-8-12(2)20-14/h5-9,18H,4,10-11H2,1-3H3. The number of hydrogen-bond donors (Lipinski definition) is 1. The van der Waals surface area contributed by atoms with Gasteiger partial charge < -0.3 is 14.6 Å². The zero-order valence-electron chi connectivity index (χ0n) is 12.2. The summed E-state index contributed by atoms with van der Waals surface area (Å²) in [5.41, 5.74) is 1.58. The molecule has 0 unspecified atom stereocenters. The molecule has 0 atom stereocenters. The highest BCUT2D eigenvalue weighted by atomic mass is 19.1. The number of halogens is 1. The lowest BCUT2D eigenvalue weighted by atomic mass is 10.1. The molecule has 2 aromatic rings. The smallest absolute Gasteiger partial charge is 0.146 e. The molecule has 1 N–H and O–H groups in total. The molecule has 1 aromatic heterocycles. The van der Waals surface area contributed by atoms with Crippen molar-refractivity contribution in [1.29, 1.82) is 0 Å². The Bertz CT molecular complexity index is 565. The van der Waals surface area contributed by atoms with E-state index in [9.17, 15) is 4.39 Å².